The Morgan fingerprint density at radius 3 is 0.548 bits per heavy atom. The molecule has 0 heterocycles. The average molecular weight is 551 g/mol. The summed E-state index contributed by atoms with van der Waals surface area (Å²) in [7, 11) is -0.892. The molecule has 31 heavy (non-hydrogen) atoms. The molecule has 2 radical (unpaired) electrons. The van der Waals surface area contributed by atoms with Crippen LogP contribution in [0.1, 0.15) is 20.8 Å². The van der Waals surface area contributed by atoms with E-state index in [1.54, 1.807) is 0 Å². The summed E-state index contributed by atoms with van der Waals surface area (Å²) in [6.07, 6.45) is 9.09. The Hall–Kier alpha value is -2.30. The Labute approximate surface area is 207 Å². The normalized spacial score (nSPS) is 4.45. The average Bonchev–Trinajstić information content (AvgIpc) is 2.93. The van der Waals surface area contributed by atoms with Crippen LogP contribution in [0, 0.1) is 12.1 Å². The van der Waals surface area contributed by atoms with Crippen molar-refractivity contribution in [1.29, 1.82) is 0 Å². The van der Waals surface area contributed by atoms with E-state index >= 15 is 0 Å². The molecule has 0 aromatic rings. The monoisotopic (exact) mass is 551 g/mol. The summed E-state index contributed by atoms with van der Waals surface area (Å²) in [4.78, 5) is 77.5. The van der Waals surface area contributed by atoms with Gasteiger partial charge in [0.25, 0.3) is 0 Å². The predicted octanol–water partition coefficient (Wildman–Crippen LogP) is -0.0916. The SMILES string of the molecule is C#C[P+](CC)(CC)CC.[CH-]=O.[CH-]=O.[CH-]=O.[CH-]=O.[CH-]=O.[CH-]=O.[CH-]=O.[CH-]=O.[CH-]=O.[CH-]=O.[Co].[Co]. The van der Waals surface area contributed by atoms with Crippen molar-refractivity contribution in [3.05, 3.63) is 0 Å². The molecule has 0 N–H and O–H groups in total. The summed E-state index contributed by atoms with van der Waals surface area (Å²) in [5.41, 5.74) is 2.98. The molecule has 0 unspecified atom stereocenters. The minimum absolute atomic E-state index is 0. The van der Waals surface area contributed by atoms with Crippen LogP contribution in [0.25, 0.3) is 0 Å². The Balaban J connectivity index is -0.0000000116. The molecular weight excluding hydrogens is 525 g/mol. The molecule has 0 fully saturated rings. The molecular formula is C18H26Co2O10P-9. The first-order chi connectivity index (χ1) is 14.2. The van der Waals surface area contributed by atoms with E-state index in [0.29, 0.717) is 0 Å². The van der Waals surface area contributed by atoms with Crippen molar-refractivity contribution in [1.82, 2.24) is 0 Å². The fourth-order valence-electron chi connectivity index (χ4n) is 0.945. The van der Waals surface area contributed by atoms with E-state index in [1.165, 1.54) is 18.5 Å². The first kappa shape index (κ1) is 89.3. The summed E-state index contributed by atoms with van der Waals surface area (Å²) in [6, 6.07) is 0. The topological polar surface area (TPSA) is 171 Å². The fourth-order valence-corrected chi connectivity index (χ4v) is 2.83. The maximum Gasteiger partial charge on any atom is 0.0909 e. The molecule has 0 aliphatic carbocycles. The predicted molar refractivity (Wildman–Crippen MR) is 115 cm³/mol. The van der Waals surface area contributed by atoms with Gasteiger partial charge in [-0.05, 0) is 20.8 Å². The van der Waals surface area contributed by atoms with Gasteiger partial charge in [-0.3, -0.25) is 67.9 Å². The first-order valence-corrected chi connectivity index (χ1v) is 8.28. The maximum atomic E-state index is 7.75. The van der Waals surface area contributed by atoms with Crippen LogP contribution in [0.4, 0.5) is 0 Å². The fraction of sp³-hybridized carbons (Fsp3) is 0.333. The zero-order chi connectivity index (χ0) is 27.3. The van der Waals surface area contributed by atoms with Gasteiger partial charge in [0.05, 0.1) is 31.4 Å². The van der Waals surface area contributed by atoms with Crippen LogP contribution in [0.15, 0.2) is 0 Å². The van der Waals surface area contributed by atoms with Crippen LogP contribution in [-0.4, -0.2) is 86.4 Å². The maximum absolute atomic E-state index is 7.75. The molecule has 0 amide bonds. The molecule has 10 nitrogen and oxygen atoms in total. The van der Waals surface area contributed by atoms with Crippen molar-refractivity contribution < 1.29 is 81.5 Å². The molecule has 13 heteroatoms. The molecule has 0 bridgehead atoms. The van der Waals surface area contributed by atoms with Crippen molar-refractivity contribution in [3.8, 4) is 12.1 Å². The van der Waals surface area contributed by atoms with Crippen LogP contribution in [-0.2, 0) is 81.5 Å². The molecule has 0 aromatic carbocycles. The third kappa shape index (κ3) is 194. The van der Waals surface area contributed by atoms with E-state index in [9.17, 15) is 0 Å². The second-order valence-corrected chi connectivity index (χ2v) is 6.67. The molecule has 0 rings (SSSR count). The Morgan fingerprint density at radius 1 is 0.452 bits per heavy atom. The minimum Gasteiger partial charge on any atom is -0.545 e. The van der Waals surface area contributed by atoms with Crippen molar-refractivity contribution in [2.24, 2.45) is 0 Å². The summed E-state index contributed by atoms with van der Waals surface area (Å²) in [6.45, 7) is 39.1. The van der Waals surface area contributed by atoms with Crippen LogP contribution in [0.3, 0.4) is 0 Å². The van der Waals surface area contributed by atoms with Crippen molar-refractivity contribution >= 4 is 75.2 Å². The quantitative estimate of drug-likeness (QED) is 0.200. The third-order valence-electron chi connectivity index (χ3n) is 2.09. The standard InChI is InChI=1S/C8H16P.10CHO.2Co/c1-5-9(6-2,7-3)8-4;10*1-2;;/h1H,6-8H2,2-4H3;10*1H;;/q+1;10*-1;;. The Bertz CT molecular complexity index is 219. The van der Waals surface area contributed by atoms with E-state index in [4.69, 9.17) is 54.4 Å². The van der Waals surface area contributed by atoms with Crippen LogP contribution < -0.4 is 0 Å². The molecule has 0 atom stereocenters. The molecule has 0 saturated heterocycles. The van der Waals surface area contributed by atoms with Gasteiger partial charge in [0.2, 0.25) is 0 Å². The summed E-state index contributed by atoms with van der Waals surface area (Å²) < 4.78 is 0. The molecule has 0 saturated carbocycles. The molecule has 0 aliphatic rings. The molecule has 0 spiro atoms. The largest absolute Gasteiger partial charge is 0.545 e. The molecule has 0 aromatic heterocycles. The van der Waals surface area contributed by atoms with E-state index in [1.807, 2.05) is 0 Å². The number of hydrogen-bond acceptors (Lipinski definition) is 10. The van der Waals surface area contributed by atoms with Crippen LogP contribution >= 0.6 is 7.26 Å². The molecule has 0 aliphatic heterocycles. The number of rotatable bonds is 3. The number of hydrogen-bond donors (Lipinski definition) is 0. The summed E-state index contributed by atoms with van der Waals surface area (Å²) >= 11 is 0. The summed E-state index contributed by atoms with van der Waals surface area (Å²) in [5, 5.41) is 0. The number of carbonyl (C=O) groups excluding carboxylic acids is 10. The van der Waals surface area contributed by atoms with Crippen molar-refractivity contribution in [2.45, 2.75) is 20.8 Å². The van der Waals surface area contributed by atoms with Gasteiger partial charge in [-0.15, -0.1) is 0 Å². The van der Waals surface area contributed by atoms with E-state index in [-0.39, 0.29) is 33.6 Å². The third-order valence-corrected chi connectivity index (χ3v) is 6.27. The van der Waals surface area contributed by atoms with Gasteiger partial charge in [-0.1, -0.05) is 6.42 Å². The summed E-state index contributed by atoms with van der Waals surface area (Å²) in [5.74, 6) is 0. The van der Waals surface area contributed by atoms with Gasteiger partial charge in [-0.25, -0.2) is 0 Å². The van der Waals surface area contributed by atoms with Crippen molar-refractivity contribution in [2.75, 3.05) is 18.5 Å². The van der Waals surface area contributed by atoms with Gasteiger partial charge < -0.3 is 47.9 Å². The Morgan fingerprint density at radius 2 is 0.548 bits per heavy atom. The zero-order valence-electron chi connectivity index (χ0n) is 17.2. The Kier molecular flexibility index (Phi) is 959. The van der Waals surface area contributed by atoms with Gasteiger partial charge in [0.15, 0.2) is 0 Å². The van der Waals surface area contributed by atoms with Gasteiger partial charge >= 0.3 is 0 Å². The van der Waals surface area contributed by atoms with Gasteiger partial charge in [-0.2, -0.15) is 0 Å². The van der Waals surface area contributed by atoms with Gasteiger partial charge in [0.1, 0.15) is 0 Å². The van der Waals surface area contributed by atoms with E-state index in [0.717, 1.165) is 0 Å². The van der Waals surface area contributed by atoms with Crippen LogP contribution in [0.5, 0.6) is 0 Å². The smallest absolute Gasteiger partial charge is 0.0909 e. The van der Waals surface area contributed by atoms with Crippen LogP contribution in [0.2, 0.25) is 0 Å². The van der Waals surface area contributed by atoms with Crippen molar-refractivity contribution in [3.63, 3.8) is 0 Å². The second-order valence-electron chi connectivity index (χ2n) is 2.22. The van der Waals surface area contributed by atoms with E-state index < -0.39 is 7.26 Å². The van der Waals surface area contributed by atoms with E-state index in [2.05, 4.69) is 94.3 Å². The zero-order valence-corrected chi connectivity index (χ0v) is 20.1. The molecule has 190 valence electrons. The first-order valence-electron chi connectivity index (χ1n) is 5.94. The van der Waals surface area contributed by atoms with Gasteiger partial charge in [0, 0.05) is 33.6 Å². The number of terminal acetylenes is 1. The second kappa shape index (κ2) is 333. The minimum atomic E-state index is -0.892.